The number of ether oxygens (including phenoxy) is 1. The van der Waals surface area contributed by atoms with Crippen molar-refractivity contribution >= 4 is 5.97 Å². The topological polar surface area (TPSA) is 59.4 Å². The Kier molecular flexibility index (Phi) is 4.43. The summed E-state index contributed by atoms with van der Waals surface area (Å²) in [5, 5.41) is 8.82. The zero-order valence-electron chi connectivity index (χ0n) is 9.64. The molecule has 0 atom stereocenters. The smallest absolute Gasteiger partial charge is 0.335 e. The van der Waals surface area contributed by atoms with Crippen LogP contribution in [0.2, 0.25) is 0 Å². The lowest BCUT2D eigenvalue weighted by Crippen LogP contribution is -2.35. The van der Waals surface area contributed by atoms with Crippen LogP contribution in [0.1, 0.15) is 25.8 Å². The average molecular weight is 223 g/mol. The van der Waals surface area contributed by atoms with Crippen LogP contribution in [0.5, 0.6) is 0 Å². The van der Waals surface area contributed by atoms with E-state index in [1.165, 1.54) is 5.56 Å². The fraction of sp³-hybridized carbons (Fsp3) is 0.500. The number of aliphatic carboxylic acids is 1. The van der Waals surface area contributed by atoms with E-state index >= 15 is 0 Å². The molecule has 0 unspecified atom stereocenters. The molecule has 0 bridgehead atoms. The number of hydrogen-bond acceptors (Lipinski definition) is 3. The van der Waals surface area contributed by atoms with Gasteiger partial charge in [0.05, 0.1) is 0 Å². The number of carboxylic acids is 1. The van der Waals surface area contributed by atoms with E-state index in [1.54, 1.807) is 26.2 Å². The summed E-state index contributed by atoms with van der Waals surface area (Å²) < 4.78 is 5.30. The van der Waals surface area contributed by atoms with E-state index < -0.39 is 11.6 Å². The van der Waals surface area contributed by atoms with Crippen molar-refractivity contribution in [1.29, 1.82) is 0 Å². The van der Waals surface area contributed by atoms with Crippen LogP contribution < -0.4 is 0 Å². The Balaban J connectivity index is 2.25. The molecule has 0 radical (unpaired) electrons. The van der Waals surface area contributed by atoms with Crippen LogP contribution in [0, 0.1) is 0 Å². The van der Waals surface area contributed by atoms with Gasteiger partial charge in [-0.1, -0.05) is 0 Å². The molecule has 1 rings (SSSR count). The summed E-state index contributed by atoms with van der Waals surface area (Å²) in [4.78, 5) is 14.7. The van der Waals surface area contributed by atoms with Gasteiger partial charge in [0.25, 0.3) is 0 Å². The van der Waals surface area contributed by atoms with Crippen molar-refractivity contribution in [3.63, 3.8) is 0 Å². The van der Waals surface area contributed by atoms with Crippen LogP contribution in [-0.2, 0) is 16.0 Å². The molecular formula is C12H17NO3. The average Bonchev–Trinajstić information content (AvgIpc) is 2.26. The second kappa shape index (κ2) is 5.61. The molecule has 0 aromatic carbocycles. The lowest BCUT2D eigenvalue weighted by Gasteiger charge is -2.19. The minimum Gasteiger partial charge on any atom is -0.479 e. The highest BCUT2D eigenvalue weighted by molar-refractivity contribution is 5.76. The van der Waals surface area contributed by atoms with E-state index in [0.717, 1.165) is 12.8 Å². The maximum atomic E-state index is 10.8. The lowest BCUT2D eigenvalue weighted by molar-refractivity contribution is -0.161. The van der Waals surface area contributed by atoms with Gasteiger partial charge in [0.15, 0.2) is 5.60 Å². The van der Waals surface area contributed by atoms with Crippen LogP contribution in [0.4, 0.5) is 0 Å². The van der Waals surface area contributed by atoms with Gasteiger partial charge in [-0.2, -0.15) is 0 Å². The van der Waals surface area contributed by atoms with Gasteiger partial charge in [0, 0.05) is 19.0 Å². The van der Waals surface area contributed by atoms with Crippen molar-refractivity contribution in [2.24, 2.45) is 0 Å². The summed E-state index contributed by atoms with van der Waals surface area (Å²) in [6.45, 7) is 3.56. The number of hydrogen-bond donors (Lipinski definition) is 1. The van der Waals surface area contributed by atoms with E-state index in [9.17, 15) is 4.79 Å². The highest BCUT2D eigenvalue weighted by Crippen LogP contribution is 2.10. The first-order valence-electron chi connectivity index (χ1n) is 5.28. The number of carbonyl (C=O) groups is 1. The first kappa shape index (κ1) is 12.6. The van der Waals surface area contributed by atoms with Crippen molar-refractivity contribution in [2.75, 3.05) is 6.61 Å². The molecule has 1 aromatic heterocycles. The van der Waals surface area contributed by atoms with Crippen molar-refractivity contribution in [2.45, 2.75) is 32.3 Å². The first-order chi connectivity index (χ1) is 7.52. The molecule has 1 aromatic rings. The number of carboxylic acid groups (broad SMARTS) is 1. The standard InChI is InChI=1S/C12H17NO3/c1-12(2,11(14)15)16-9-3-4-10-5-7-13-8-6-10/h5-8H,3-4,9H2,1-2H3,(H,14,15). The minimum absolute atomic E-state index is 0.446. The van der Waals surface area contributed by atoms with Gasteiger partial charge in [-0.3, -0.25) is 4.98 Å². The molecule has 4 nitrogen and oxygen atoms in total. The summed E-state index contributed by atoms with van der Waals surface area (Å²) >= 11 is 0. The molecule has 0 aliphatic rings. The molecule has 0 aliphatic carbocycles. The number of nitrogens with zero attached hydrogens (tertiary/aromatic N) is 1. The minimum atomic E-state index is -1.10. The summed E-state index contributed by atoms with van der Waals surface area (Å²) in [6, 6.07) is 3.89. The molecular weight excluding hydrogens is 206 g/mol. The van der Waals surface area contributed by atoms with Crippen LogP contribution >= 0.6 is 0 Å². The quantitative estimate of drug-likeness (QED) is 0.748. The second-order valence-corrected chi connectivity index (χ2v) is 4.12. The number of aromatic nitrogens is 1. The third-order valence-corrected chi connectivity index (χ3v) is 2.34. The molecule has 4 heteroatoms. The number of aryl methyl sites for hydroxylation is 1. The van der Waals surface area contributed by atoms with Gasteiger partial charge in [-0.15, -0.1) is 0 Å². The molecule has 0 saturated heterocycles. The van der Waals surface area contributed by atoms with E-state index in [4.69, 9.17) is 9.84 Å². The Bertz CT molecular complexity index is 335. The maximum absolute atomic E-state index is 10.8. The fourth-order valence-electron chi connectivity index (χ4n) is 1.21. The van der Waals surface area contributed by atoms with Gasteiger partial charge < -0.3 is 9.84 Å². The summed E-state index contributed by atoms with van der Waals surface area (Å²) in [6.07, 6.45) is 5.17. The van der Waals surface area contributed by atoms with E-state index in [2.05, 4.69) is 4.98 Å². The Morgan fingerprint density at radius 3 is 2.62 bits per heavy atom. The molecule has 0 spiro atoms. The largest absolute Gasteiger partial charge is 0.479 e. The Morgan fingerprint density at radius 2 is 2.06 bits per heavy atom. The number of pyridine rings is 1. The first-order valence-corrected chi connectivity index (χ1v) is 5.28. The lowest BCUT2D eigenvalue weighted by atomic mass is 10.1. The van der Waals surface area contributed by atoms with Crippen molar-refractivity contribution in [1.82, 2.24) is 4.98 Å². The van der Waals surface area contributed by atoms with Crippen LogP contribution in [-0.4, -0.2) is 28.3 Å². The van der Waals surface area contributed by atoms with Gasteiger partial charge >= 0.3 is 5.97 Å². The Hall–Kier alpha value is -1.42. The summed E-state index contributed by atoms with van der Waals surface area (Å²) in [5.74, 6) is -0.934. The maximum Gasteiger partial charge on any atom is 0.335 e. The van der Waals surface area contributed by atoms with Gasteiger partial charge in [0.2, 0.25) is 0 Å². The molecule has 16 heavy (non-hydrogen) atoms. The van der Waals surface area contributed by atoms with E-state index in [0.29, 0.717) is 6.61 Å². The normalized spacial score (nSPS) is 11.4. The van der Waals surface area contributed by atoms with Crippen LogP contribution in [0.25, 0.3) is 0 Å². The van der Waals surface area contributed by atoms with Gasteiger partial charge in [0.1, 0.15) is 0 Å². The molecule has 88 valence electrons. The third-order valence-electron chi connectivity index (χ3n) is 2.34. The second-order valence-electron chi connectivity index (χ2n) is 4.12. The summed E-state index contributed by atoms with van der Waals surface area (Å²) in [7, 11) is 0. The van der Waals surface area contributed by atoms with Crippen LogP contribution in [0.15, 0.2) is 24.5 Å². The fourth-order valence-corrected chi connectivity index (χ4v) is 1.21. The highest BCUT2D eigenvalue weighted by atomic mass is 16.5. The molecule has 0 saturated carbocycles. The van der Waals surface area contributed by atoms with Crippen molar-refractivity contribution in [3.8, 4) is 0 Å². The Labute approximate surface area is 95.3 Å². The predicted octanol–water partition coefficient (Wildman–Crippen LogP) is 1.89. The third kappa shape index (κ3) is 3.98. The zero-order valence-corrected chi connectivity index (χ0v) is 9.64. The SMILES string of the molecule is CC(C)(OCCCc1ccncc1)C(=O)O. The predicted molar refractivity (Wildman–Crippen MR) is 60.2 cm³/mol. The Morgan fingerprint density at radius 1 is 1.44 bits per heavy atom. The van der Waals surface area contributed by atoms with Gasteiger partial charge in [-0.25, -0.2) is 4.79 Å². The molecule has 1 heterocycles. The van der Waals surface area contributed by atoms with Crippen molar-refractivity contribution in [3.05, 3.63) is 30.1 Å². The molecule has 1 N–H and O–H groups in total. The van der Waals surface area contributed by atoms with E-state index in [1.807, 2.05) is 12.1 Å². The monoisotopic (exact) mass is 223 g/mol. The van der Waals surface area contributed by atoms with Gasteiger partial charge in [-0.05, 0) is 44.4 Å². The van der Waals surface area contributed by atoms with Crippen molar-refractivity contribution < 1.29 is 14.6 Å². The zero-order chi connectivity index (χ0) is 12.0. The molecule has 0 fully saturated rings. The van der Waals surface area contributed by atoms with E-state index in [-0.39, 0.29) is 0 Å². The molecule has 0 amide bonds. The number of rotatable bonds is 6. The highest BCUT2D eigenvalue weighted by Gasteiger charge is 2.27. The molecule has 0 aliphatic heterocycles. The van der Waals surface area contributed by atoms with Crippen LogP contribution in [0.3, 0.4) is 0 Å². The summed E-state index contributed by atoms with van der Waals surface area (Å²) in [5.41, 5.74) is 0.0878.